The minimum absolute atomic E-state index is 0.304. The Balaban J connectivity index is 3.38. The third-order valence-electron chi connectivity index (χ3n) is 4.33. The molecule has 0 aliphatic heterocycles. The standard InChI is InChI=1S/C18H34O4/c1-2-16(13-9-7-11-15-18(21)22)12-8-5-3-4-6-10-14-17(19)20/h16H,2-15H2,1H3,(H,19,20)(H,21,22). The molecule has 22 heavy (non-hydrogen) atoms. The van der Waals surface area contributed by atoms with Gasteiger partial charge in [0.05, 0.1) is 0 Å². The summed E-state index contributed by atoms with van der Waals surface area (Å²) >= 11 is 0. The van der Waals surface area contributed by atoms with E-state index in [-0.39, 0.29) is 0 Å². The summed E-state index contributed by atoms with van der Waals surface area (Å²) in [5.74, 6) is -0.582. The molecule has 4 nitrogen and oxygen atoms in total. The van der Waals surface area contributed by atoms with E-state index in [0.717, 1.165) is 44.4 Å². The Kier molecular flexibility index (Phi) is 14.1. The summed E-state index contributed by atoms with van der Waals surface area (Å²) in [7, 11) is 0. The van der Waals surface area contributed by atoms with Crippen LogP contribution in [0.25, 0.3) is 0 Å². The second-order valence-electron chi connectivity index (χ2n) is 6.32. The SMILES string of the molecule is CCC(CCCCCCCCC(=O)O)CCCCCC(=O)O. The molecule has 1 unspecified atom stereocenters. The third-order valence-corrected chi connectivity index (χ3v) is 4.33. The zero-order valence-electron chi connectivity index (χ0n) is 14.2. The minimum atomic E-state index is -0.686. The fourth-order valence-electron chi connectivity index (χ4n) is 2.85. The lowest BCUT2D eigenvalue weighted by Gasteiger charge is -2.14. The topological polar surface area (TPSA) is 74.6 Å². The molecule has 0 radical (unpaired) electrons. The molecule has 0 aromatic heterocycles. The van der Waals surface area contributed by atoms with Crippen molar-refractivity contribution < 1.29 is 19.8 Å². The first-order valence-electron chi connectivity index (χ1n) is 8.99. The fraction of sp³-hybridized carbons (Fsp3) is 0.889. The molecule has 0 aromatic carbocycles. The Hall–Kier alpha value is -1.06. The monoisotopic (exact) mass is 314 g/mol. The maximum Gasteiger partial charge on any atom is 0.303 e. The molecule has 1 atom stereocenters. The number of carboxylic acids is 2. The van der Waals surface area contributed by atoms with Crippen LogP contribution >= 0.6 is 0 Å². The lowest BCUT2D eigenvalue weighted by atomic mass is 9.92. The molecule has 0 saturated heterocycles. The van der Waals surface area contributed by atoms with Crippen LogP contribution in [-0.2, 0) is 9.59 Å². The first-order valence-corrected chi connectivity index (χ1v) is 8.99. The molecule has 0 amide bonds. The third kappa shape index (κ3) is 15.3. The van der Waals surface area contributed by atoms with Crippen molar-refractivity contribution in [2.45, 2.75) is 96.8 Å². The van der Waals surface area contributed by atoms with Gasteiger partial charge in [-0.15, -0.1) is 0 Å². The van der Waals surface area contributed by atoms with Crippen LogP contribution in [0.2, 0.25) is 0 Å². The molecule has 0 bridgehead atoms. The van der Waals surface area contributed by atoms with E-state index in [1.54, 1.807) is 0 Å². The molecular weight excluding hydrogens is 280 g/mol. The summed E-state index contributed by atoms with van der Waals surface area (Å²) < 4.78 is 0. The van der Waals surface area contributed by atoms with Crippen LogP contribution in [0.3, 0.4) is 0 Å². The van der Waals surface area contributed by atoms with Gasteiger partial charge in [-0.1, -0.05) is 71.1 Å². The summed E-state index contributed by atoms with van der Waals surface area (Å²) in [6, 6.07) is 0. The summed E-state index contributed by atoms with van der Waals surface area (Å²) in [5.41, 5.74) is 0. The van der Waals surface area contributed by atoms with E-state index < -0.39 is 11.9 Å². The van der Waals surface area contributed by atoms with Crippen molar-refractivity contribution in [3.63, 3.8) is 0 Å². The molecule has 0 spiro atoms. The molecule has 130 valence electrons. The molecule has 0 aliphatic rings. The highest BCUT2D eigenvalue weighted by atomic mass is 16.4. The Morgan fingerprint density at radius 2 is 1.05 bits per heavy atom. The number of rotatable bonds is 16. The van der Waals surface area contributed by atoms with Crippen LogP contribution < -0.4 is 0 Å². The van der Waals surface area contributed by atoms with Crippen LogP contribution in [0, 0.1) is 5.92 Å². The second-order valence-corrected chi connectivity index (χ2v) is 6.32. The van der Waals surface area contributed by atoms with Gasteiger partial charge < -0.3 is 10.2 Å². The van der Waals surface area contributed by atoms with Gasteiger partial charge in [-0.3, -0.25) is 9.59 Å². The van der Waals surface area contributed by atoms with E-state index in [0.29, 0.717) is 12.8 Å². The lowest BCUT2D eigenvalue weighted by Crippen LogP contribution is -2.00. The molecule has 0 rings (SSSR count). The van der Waals surface area contributed by atoms with E-state index in [4.69, 9.17) is 10.2 Å². The summed E-state index contributed by atoms with van der Waals surface area (Å²) in [5, 5.41) is 17.1. The van der Waals surface area contributed by atoms with Crippen molar-refractivity contribution in [3.05, 3.63) is 0 Å². The number of unbranched alkanes of at least 4 members (excludes halogenated alkanes) is 7. The highest BCUT2D eigenvalue weighted by Crippen LogP contribution is 2.21. The van der Waals surface area contributed by atoms with E-state index in [9.17, 15) is 9.59 Å². The van der Waals surface area contributed by atoms with Crippen molar-refractivity contribution >= 4 is 11.9 Å². The van der Waals surface area contributed by atoms with Crippen molar-refractivity contribution in [1.29, 1.82) is 0 Å². The molecular formula is C18H34O4. The van der Waals surface area contributed by atoms with E-state index >= 15 is 0 Å². The molecule has 0 aromatic rings. The van der Waals surface area contributed by atoms with Crippen LogP contribution in [0.4, 0.5) is 0 Å². The average molecular weight is 314 g/mol. The van der Waals surface area contributed by atoms with Gasteiger partial charge in [-0.05, 0) is 18.8 Å². The normalized spacial score (nSPS) is 12.2. The number of aliphatic carboxylic acids is 2. The van der Waals surface area contributed by atoms with Gasteiger partial charge in [0.1, 0.15) is 0 Å². The minimum Gasteiger partial charge on any atom is -0.481 e. The summed E-state index contributed by atoms with van der Waals surface area (Å²) in [6.07, 6.45) is 14.1. The quantitative estimate of drug-likeness (QED) is 0.381. The van der Waals surface area contributed by atoms with E-state index in [1.807, 2.05) is 0 Å². The van der Waals surface area contributed by atoms with Crippen LogP contribution in [-0.4, -0.2) is 22.2 Å². The Labute approximate surface area is 135 Å². The first kappa shape index (κ1) is 20.9. The van der Waals surface area contributed by atoms with E-state index in [1.165, 1.54) is 38.5 Å². The number of carboxylic acid groups (broad SMARTS) is 2. The lowest BCUT2D eigenvalue weighted by molar-refractivity contribution is -0.138. The van der Waals surface area contributed by atoms with Gasteiger partial charge in [-0.25, -0.2) is 0 Å². The highest BCUT2D eigenvalue weighted by Gasteiger charge is 2.06. The zero-order chi connectivity index (χ0) is 16.6. The maximum absolute atomic E-state index is 10.4. The van der Waals surface area contributed by atoms with Crippen molar-refractivity contribution in [3.8, 4) is 0 Å². The maximum atomic E-state index is 10.4. The van der Waals surface area contributed by atoms with Crippen molar-refractivity contribution in [1.82, 2.24) is 0 Å². The number of carbonyl (C=O) groups is 2. The molecule has 4 heteroatoms. The Morgan fingerprint density at radius 1 is 0.682 bits per heavy atom. The number of hydrogen-bond donors (Lipinski definition) is 2. The van der Waals surface area contributed by atoms with Gasteiger partial charge in [0.2, 0.25) is 0 Å². The first-order chi connectivity index (χ1) is 10.6. The predicted molar refractivity (Wildman–Crippen MR) is 89.1 cm³/mol. The average Bonchev–Trinajstić information content (AvgIpc) is 2.46. The van der Waals surface area contributed by atoms with Crippen LogP contribution in [0.5, 0.6) is 0 Å². The molecule has 0 fully saturated rings. The summed E-state index contributed by atoms with van der Waals surface area (Å²) in [4.78, 5) is 20.8. The van der Waals surface area contributed by atoms with Gasteiger partial charge >= 0.3 is 11.9 Å². The Morgan fingerprint density at radius 3 is 1.45 bits per heavy atom. The van der Waals surface area contributed by atoms with Crippen LogP contribution in [0.1, 0.15) is 96.8 Å². The van der Waals surface area contributed by atoms with Gasteiger partial charge in [0, 0.05) is 12.8 Å². The highest BCUT2D eigenvalue weighted by molar-refractivity contribution is 5.66. The van der Waals surface area contributed by atoms with Crippen molar-refractivity contribution in [2.75, 3.05) is 0 Å². The summed E-state index contributed by atoms with van der Waals surface area (Å²) in [6.45, 7) is 2.24. The Bertz CT molecular complexity index is 289. The number of hydrogen-bond acceptors (Lipinski definition) is 2. The largest absolute Gasteiger partial charge is 0.481 e. The van der Waals surface area contributed by atoms with Gasteiger partial charge in [0.25, 0.3) is 0 Å². The smallest absolute Gasteiger partial charge is 0.303 e. The zero-order valence-corrected chi connectivity index (χ0v) is 14.2. The van der Waals surface area contributed by atoms with Crippen LogP contribution in [0.15, 0.2) is 0 Å². The van der Waals surface area contributed by atoms with Crippen molar-refractivity contribution in [2.24, 2.45) is 5.92 Å². The van der Waals surface area contributed by atoms with Gasteiger partial charge in [-0.2, -0.15) is 0 Å². The fourth-order valence-corrected chi connectivity index (χ4v) is 2.85. The molecule has 0 aliphatic carbocycles. The molecule has 0 saturated carbocycles. The molecule has 0 heterocycles. The van der Waals surface area contributed by atoms with E-state index in [2.05, 4.69) is 6.92 Å². The molecule has 2 N–H and O–H groups in total. The second kappa shape index (κ2) is 14.9. The predicted octanol–water partition coefficient (Wildman–Crippen LogP) is 5.25. The van der Waals surface area contributed by atoms with Gasteiger partial charge in [0.15, 0.2) is 0 Å².